The molecule has 1 aliphatic carbocycles. The third-order valence-electron chi connectivity index (χ3n) is 7.60. The molecule has 2 saturated heterocycles. The van der Waals surface area contributed by atoms with Crippen LogP contribution in [0.15, 0.2) is 57.9 Å². The number of carbonyl (C=O) groups excluding carboxylic acids is 2. The van der Waals surface area contributed by atoms with Gasteiger partial charge in [0, 0.05) is 15.4 Å². The van der Waals surface area contributed by atoms with Crippen LogP contribution in [0.1, 0.15) is 37.8 Å². The lowest BCUT2D eigenvalue weighted by atomic mass is 9.67. The van der Waals surface area contributed by atoms with E-state index in [1.54, 1.807) is 18.0 Å². The molecule has 2 aliphatic heterocycles. The predicted octanol–water partition coefficient (Wildman–Crippen LogP) is 4.87. The normalized spacial score (nSPS) is 34.5. The van der Waals surface area contributed by atoms with E-state index >= 15 is 0 Å². The molecule has 7 heteroatoms. The van der Waals surface area contributed by atoms with E-state index in [1.807, 2.05) is 56.3 Å². The number of nitrogens with one attached hydrogen (secondary N) is 1. The van der Waals surface area contributed by atoms with Gasteiger partial charge in [-0.15, -0.1) is 0 Å². The maximum atomic E-state index is 13.6. The molecule has 2 aromatic rings. The van der Waals surface area contributed by atoms with Gasteiger partial charge in [0.15, 0.2) is 0 Å². The van der Waals surface area contributed by atoms with E-state index in [1.165, 1.54) is 0 Å². The highest BCUT2D eigenvalue weighted by Crippen LogP contribution is 2.62. The van der Waals surface area contributed by atoms with E-state index in [0.717, 1.165) is 14.9 Å². The molecule has 3 fully saturated rings. The average molecular weight is 525 g/mol. The van der Waals surface area contributed by atoms with E-state index in [0.29, 0.717) is 24.8 Å². The van der Waals surface area contributed by atoms with Crippen LogP contribution >= 0.6 is 27.9 Å². The molecule has 1 N–H and O–H groups in total. The van der Waals surface area contributed by atoms with Crippen LogP contribution in [0.2, 0.25) is 0 Å². The fourth-order valence-corrected chi connectivity index (χ4v) is 7.45. The Labute approximate surface area is 206 Å². The van der Waals surface area contributed by atoms with Crippen molar-refractivity contribution in [3.8, 4) is 6.07 Å². The summed E-state index contributed by atoms with van der Waals surface area (Å²) >= 11 is 4.97. The smallest absolute Gasteiger partial charge is 0.150 e. The van der Waals surface area contributed by atoms with E-state index in [4.69, 9.17) is 10.00 Å². The van der Waals surface area contributed by atoms with Gasteiger partial charge in [0.25, 0.3) is 0 Å². The summed E-state index contributed by atoms with van der Waals surface area (Å²) in [5, 5.41) is 9.11. The van der Waals surface area contributed by atoms with Gasteiger partial charge in [-0.25, -0.2) is 0 Å². The van der Waals surface area contributed by atoms with Crippen molar-refractivity contribution >= 4 is 39.4 Å². The summed E-state index contributed by atoms with van der Waals surface area (Å²) in [5.74, 6) is -1.29. The minimum Gasteiger partial charge on any atom is -0.366 e. The number of Topliss-reactive ketones (excluding diaryl/α,β-unsaturated/α-hetero) is 2. The molecule has 5 rings (SSSR count). The highest BCUT2D eigenvalue weighted by atomic mass is 79.9. The van der Waals surface area contributed by atoms with Crippen molar-refractivity contribution < 1.29 is 14.3 Å². The number of fused-ring (bicyclic) bond motifs is 5. The summed E-state index contributed by atoms with van der Waals surface area (Å²) in [5.41, 5.74) is 0.268. The van der Waals surface area contributed by atoms with Gasteiger partial charge in [-0.3, -0.25) is 14.3 Å². The quantitative estimate of drug-likeness (QED) is 0.428. The van der Waals surface area contributed by atoms with E-state index < -0.39 is 23.0 Å². The first-order chi connectivity index (χ1) is 15.8. The Kier molecular flexibility index (Phi) is 5.77. The summed E-state index contributed by atoms with van der Waals surface area (Å²) in [6, 6.07) is 17.7. The molecule has 170 valence electrons. The summed E-state index contributed by atoms with van der Waals surface area (Å²) in [6.45, 7) is 3.99. The van der Waals surface area contributed by atoms with Gasteiger partial charge in [-0.2, -0.15) is 5.26 Å². The van der Waals surface area contributed by atoms with Crippen LogP contribution in [0.4, 0.5) is 0 Å². The van der Waals surface area contributed by atoms with Gasteiger partial charge in [0.1, 0.15) is 17.6 Å². The highest BCUT2D eigenvalue weighted by Gasteiger charge is 2.75. The molecule has 0 aromatic heterocycles. The number of hydrogen-bond donors (Lipinski definition) is 1. The van der Waals surface area contributed by atoms with Crippen LogP contribution in [-0.2, 0) is 20.7 Å². The zero-order chi connectivity index (χ0) is 23.4. The number of ketones is 2. The van der Waals surface area contributed by atoms with Crippen LogP contribution in [-0.4, -0.2) is 28.8 Å². The second-order valence-electron chi connectivity index (χ2n) is 9.67. The second-order valence-corrected chi connectivity index (χ2v) is 11.4. The Balaban J connectivity index is 1.32. The van der Waals surface area contributed by atoms with E-state index in [9.17, 15) is 9.59 Å². The second kappa shape index (κ2) is 8.35. The third-order valence-corrected chi connectivity index (χ3v) is 9.17. The lowest BCUT2D eigenvalue weighted by Gasteiger charge is -2.36. The summed E-state index contributed by atoms with van der Waals surface area (Å²) in [6.07, 6.45) is 1.82. The molecule has 0 amide bonds. The van der Waals surface area contributed by atoms with E-state index in [2.05, 4.69) is 26.7 Å². The number of ether oxygens (including phenoxy) is 1. The Morgan fingerprint density at radius 1 is 1.15 bits per heavy atom. The van der Waals surface area contributed by atoms with Crippen molar-refractivity contribution in [1.29, 1.82) is 5.26 Å². The molecule has 3 aliphatic rings. The SMILES string of the molecule is C[C@]12O[C@](C)(CC1NSc1ccccc1)C1C(=O)C(CCc3ccc(C#N)c(Br)c3)C(=O)C12. The van der Waals surface area contributed by atoms with Gasteiger partial charge in [0.05, 0.1) is 34.5 Å². The molecule has 0 radical (unpaired) electrons. The molecule has 1 saturated carbocycles. The molecule has 0 spiro atoms. The van der Waals surface area contributed by atoms with Crippen molar-refractivity contribution in [2.24, 2.45) is 17.8 Å². The van der Waals surface area contributed by atoms with Crippen LogP contribution in [0.5, 0.6) is 0 Å². The number of hydrogen-bond acceptors (Lipinski definition) is 6. The molecular weight excluding hydrogens is 500 g/mol. The largest absolute Gasteiger partial charge is 0.366 e. The zero-order valence-electron chi connectivity index (χ0n) is 18.5. The van der Waals surface area contributed by atoms with Gasteiger partial charge in [0.2, 0.25) is 0 Å². The standard InChI is InChI=1S/C26H25BrN2O3S/c1-25-13-20(29-33-17-6-4-3-5-7-17)26(2,32-25)22-21(25)23(30)18(24(22)31)11-9-15-8-10-16(14-28)19(27)12-15/h3-8,10,12,18,20-22,29H,9,11,13H2,1-2H3/t18?,20?,21?,22?,25-,26+/m1/s1. The van der Waals surface area contributed by atoms with Gasteiger partial charge < -0.3 is 4.74 Å². The molecule has 2 heterocycles. The Morgan fingerprint density at radius 2 is 1.88 bits per heavy atom. The number of aryl methyl sites for hydroxylation is 1. The number of nitrogens with zero attached hydrogens (tertiary/aromatic N) is 1. The monoisotopic (exact) mass is 524 g/mol. The topological polar surface area (TPSA) is 79.2 Å². The lowest BCUT2D eigenvalue weighted by Crippen LogP contribution is -2.53. The summed E-state index contributed by atoms with van der Waals surface area (Å²) < 4.78 is 10.7. The van der Waals surface area contributed by atoms with Crippen molar-refractivity contribution in [3.63, 3.8) is 0 Å². The van der Waals surface area contributed by atoms with Gasteiger partial charge >= 0.3 is 0 Å². The van der Waals surface area contributed by atoms with Crippen molar-refractivity contribution in [3.05, 3.63) is 64.1 Å². The minimum atomic E-state index is -0.694. The molecule has 4 unspecified atom stereocenters. The van der Waals surface area contributed by atoms with Crippen LogP contribution in [0.25, 0.3) is 0 Å². The van der Waals surface area contributed by atoms with Crippen molar-refractivity contribution in [1.82, 2.24) is 4.72 Å². The van der Waals surface area contributed by atoms with Crippen molar-refractivity contribution in [2.45, 2.75) is 55.2 Å². The molecule has 6 atom stereocenters. The van der Waals surface area contributed by atoms with Crippen LogP contribution in [0.3, 0.4) is 0 Å². The number of carbonyl (C=O) groups is 2. The fraction of sp³-hybridized carbons (Fsp3) is 0.423. The maximum Gasteiger partial charge on any atom is 0.150 e. The molecule has 33 heavy (non-hydrogen) atoms. The zero-order valence-corrected chi connectivity index (χ0v) is 20.9. The maximum absolute atomic E-state index is 13.6. The van der Waals surface area contributed by atoms with Crippen LogP contribution < -0.4 is 4.72 Å². The molecular formula is C26H25BrN2O3S. The third kappa shape index (κ3) is 3.68. The first kappa shape index (κ1) is 22.8. The Morgan fingerprint density at radius 3 is 2.58 bits per heavy atom. The first-order valence-electron chi connectivity index (χ1n) is 11.2. The van der Waals surface area contributed by atoms with Gasteiger partial charge in [-0.05, 0) is 90.8 Å². The fourth-order valence-electron chi connectivity index (χ4n) is 6.05. The molecule has 5 nitrogen and oxygen atoms in total. The predicted molar refractivity (Wildman–Crippen MR) is 129 cm³/mol. The Hall–Kier alpha value is -1.98. The lowest BCUT2D eigenvalue weighted by molar-refractivity contribution is -0.136. The number of nitriles is 1. The van der Waals surface area contributed by atoms with Crippen molar-refractivity contribution in [2.75, 3.05) is 0 Å². The highest BCUT2D eigenvalue weighted by molar-refractivity contribution is 9.10. The number of benzene rings is 2. The number of rotatable bonds is 6. The summed E-state index contributed by atoms with van der Waals surface area (Å²) in [7, 11) is 0. The summed E-state index contributed by atoms with van der Waals surface area (Å²) in [4.78, 5) is 28.1. The molecule has 2 aromatic carbocycles. The average Bonchev–Trinajstić information content (AvgIpc) is 3.32. The Bertz CT molecular complexity index is 1170. The first-order valence-corrected chi connectivity index (χ1v) is 12.8. The van der Waals surface area contributed by atoms with E-state index in [-0.39, 0.29) is 23.5 Å². The molecule has 2 bridgehead atoms. The number of halogens is 1. The minimum absolute atomic E-state index is 0.0149. The van der Waals surface area contributed by atoms with Crippen LogP contribution in [0, 0.1) is 29.1 Å². The van der Waals surface area contributed by atoms with Gasteiger partial charge in [-0.1, -0.05) is 24.3 Å².